The molecular formula is C16H19NO2. The Balaban J connectivity index is 1.89. The van der Waals surface area contributed by atoms with E-state index in [1.54, 1.807) is 0 Å². The van der Waals surface area contributed by atoms with E-state index >= 15 is 0 Å². The van der Waals surface area contributed by atoms with Crippen LogP contribution in [0.1, 0.15) is 30.9 Å². The van der Waals surface area contributed by atoms with Gasteiger partial charge < -0.3 is 4.74 Å². The predicted molar refractivity (Wildman–Crippen MR) is 73.5 cm³/mol. The van der Waals surface area contributed by atoms with Gasteiger partial charge in [-0.2, -0.15) is 0 Å². The monoisotopic (exact) mass is 257 g/mol. The summed E-state index contributed by atoms with van der Waals surface area (Å²) in [5.41, 5.74) is 0.615. The van der Waals surface area contributed by atoms with Crippen LogP contribution in [0.4, 0.5) is 0 Å². The van der Waals surface area contributed by atoms with Gasteiger partial charge in [-0.05, 0) is 18.4 Å². The minimum Gasteiger partial charge on any atom is -0.462 e. The lowest BCUT2D eigenvalue weighted by atomic mass is 9.84. The summed E-state index contributed by atoms with van der Waals surface area (Å²) >= 11 is 0. The van der Waals surface area contributed by atoms with Crippen molar-refractivity contribution in [3.8, 4) is 0 Å². The molecule has 1 N–H and O–H groups in total. The summed E-state index contributed by atoms with van der Waals surface area (Å²) in [6.07, 6.45) is 4.79. The molecule has 1 saturated heterocycles. The van der Waals surface area contributed by atoms with Gasteiger partial charge in [0.1, 0.15) is 12.1 Å². The molecule has 3 nitrogen and oxygen atoms in total. The van der Waals surface area contributed by atoms with Gasteiger partial charge in [-0.15, -0.1) is 6.58 Å². The number of nitrogens with one attached hydrogen (secondary N) is 1. The largest absolute Gasteiger partial charge is 0.462 e. The molecule has 1 aromatic carbocycles. The minimum absolute atomic E-state index is 0.0828. The quantitative estimate of drug-likeness (QED) is 0.654. The molecule has 0 bridgehead atoms. The Kier molecular flexibility index (Phi) is 3.15. The molecule has 1 spiro atoms. The van der Waals surface area contributed by atoms with Gasteiger partial charge in [-0.25, -0.2) is 0 Å². The van der Waals surface area contributed by atoms with Crippen molar-refractivity contribution in [1.82, 2.24) is 5.32 Å². The first-order valence-electron chi connectivity index (χ1n) is 6.89. The highest BCUT2D eigenvalue weighted by atomic mass is 16.5. The third kappa shape index (κ3) is 1.98. The first-order valence-corrected chi connectivity index (χ1v) is 6.89. The Morgan fingerprint density at radius 2 is 2.16 bits per heavy atom. The van der Waals surface area contributed by atoms with Crippen LogP contribution in [0.3, 0.4) is 0 Å². The normalized spacial score (nSPS) is 34.2. The topological polar surface area (TPSA) is 38.3 Å². The highest BCUT2D eigenvalue weighted by Crippen LogP contribution is 2.41. The number of morpholine rings is 1. The number of carbonyl (C=O) groups excluding carboxylic acids is 1. The van der Waals surface area contributed by atoms with Crippen LogP contribution in [0.15, 0.2) is 43.0 Å². The van der Waals surface area contributed by atoms with E-state index in [9.17, 15) is 4.79 Å². The van der Waals surface area contributed by atoms with E-state index in [0.29, 0.717) is 6.61 Å². The number of benzene rings is 1. The van der Waals surface area contributed by atoms with Crippen LogP contribution in [0.5, 0.6) is 0 Å². The van der Waals surface area contributed by atoms with Crippen LogP contribution in [-0.2, 0) is 9.53 Å². The zero-order valence-electron chi connectivity index (χ0n) is 11.0. The van der Waals surface area contributed by atoms with Crippen molar-refractivity contribution in [2.24, 2.45) is 5.92 Å². The third-order valence-electron chi connectivity index (χ3n) is 4.38. The summed E-state index contributed by atoms with van der Waals surface area (Å²) in [7, 11) is 0. The fraction of sp³-hybridized carbons (Fsp3) is 0.438. The molecule has 3 heteroatoms. The maximum atomic E-state index is 12.2. The molecule has 1 aromatic rings. The molecule has 100 valence electrons. The van der Waals surface area contributed by atoms with Crippen molar-refractivity contribution in [2.75, 3.05) is 6.61 Å². The summed E-state index contributed by atoms with van der Waals surface area (Å²) in [6.45, 7) is 4.29. The molecule has 0 aromatic heterocycles. The van der Waals surface area contributed by atoms with E-state index < -0.39 is 5.54 Å². The molecule has 0 amide bonds. The van der Waals surface area contributed by atoms with Crippen LogP contribution in [-0.4, -0.2) is 18.1 Å². The van der Waals surface area contributed by atoms with Crippen molar-refractivity contribution in [3.63, 3.8) is 0 Å². The number of cyclic esters (lactones) is 1. The Hall–Kier alpha value is -1.61. The van der Waals surface area contributed by atoms with E-state index in [4.69, 9.17) is 4.74 Å². The van der Waals surface area contributed by atoms with Crippen molar-refractivity contribution in [1.29, 1.82) is 0 Å². The zero-order valence-corrected chi connectivity index (χ0v) is 11.0. The number of hydrogen-bond acceptors (Lipinski definition) is 3. The molecule has 2 fully saturated rings. The average Bonchev–Trinajstić information content (AvgIpc) is 2.86. The van der Waals surface area contributed by atoms with Crippen molar-refractivity contribution in [3.05, 3.63) is 48.6 Å². The van der Waals surface area contributed by atoms with Gasteiger partial charge in [-0.1, -0.05) is 42.8 Å². The van der Waals surface area contributed by atoms with Crippen LogP contribution in [0.25, 0.3) is 0 Å². The Morgan fingerprint density at radius 3 is 2.89 bits per heavy atom. The number of ether oxygens (including phenoxy) is 1. The second kappa shape index (κ2) is 4.82. The molecule has 19 heavy (non-hydrogen) atoms. The lowest BCUT2D eigenvalue weighted by Crippen LogP contribution is -2.60. The molecule has 1 aliphatic heterocycles. The average molecular weight is 257 g/mol. The van der Waals surface area contributed by atoms with Gasteiger partial charge in [0.2, 0.25) is 0 Å². The highest BCUT2D eigenvalue weighted by Gasteiger charge is 2.52. The van der Waals surface area contributed by atoms with E-state index in [1.165, 1.54) is 5.56 Å². The molecule has 1 heterocycles. The molecule has 3 rings (SSSR count). The molecule has 2 aliphatic rings. The second-order valence-corrected chi connectivity index (χ2v) is 5.41. The third-order valence-corrected chi connectivity index (χ3v) is 4.38. The first kappa shape index (κ1) is 12.4. The molecule has 3 atom stereocenters. The van der Waals surface area contributed by atoms with Crippen LogP contribution >= 0.6 is 0 Å². The first-order chi connectivity index (χ1) is 9.26. The maximum absolute atomic E-state index is 12.2. The lowest BCUT2D eigenvalue weighted by Gasteiger charge is -2.41. The maximum Gasteiger partial charge on any atom is 0.327 e. The zero-order chi connectivity index (χ0) is 13.3. The van der Waals surface area contributed by atoms with Crippen LogP contribution in [0, 0.1) is 5.92 Å². The standard InChI is InChI=1S/C16H19NO2/c1-2-13-9-6-10-16(13)15(18)19-11-14(17-16)12-7-4-3-5-8-12/h2-5,7-8,13-14,17H,1,6,9-11H2/t13-,14+,16-/m1/s1. The van der Waals surface area contributed by atoms with Gasteiger partial charge in [0.05, 0.1) is 6.04 Å². The lowest BCUT2D eigenvalue weighted by molar-refractivity contribution is -0.160. The van der Waals surface area contributed by atoms with Gasteiger partial charge in [0.25, 0.3) is 0 Å². The van der Waals surface area contributed by atoms with Gasteiger partial charge >= 0.3 is 5.97 Å². The molecule has 1 aliphatic carbocycles. The smallest absolute Gasteiger partial charge is 0.327 e. The summed E-state index contributed by atoms with van der Waals surface area (Å²) in [4.78, 5) is 12.2. The Labute approximate surface area is 113 Å². The van der Waals surface area contributed by atoms with Crippen molar-refractivity contribution < 1.29 is 9.53 Å². The highest BCUT2D eigenvalue weighted by molar-refractivity contribution is 5.83. The van der Waals surface area contributed by atoms with E-state index in [2.05, 4.69) is 24.0 Å². The number of rotatable bonds is 2. The predicted octanol–water partition coefficient (Wildman–Crippen LogP) is 2.60. The summed E-state index contributed by atoms with van der Waals surface area (Å²) in [6, 6.07) is 10.2. The number of hydrogen-bond donors (Lipinski definition) is 1. The van der Waals surface area contributed by atoms with E-state index in [-0.39, 0.29) is 17.9 Å². The number of carbonyl (C=O) groups is 1. The second-order valence-electron chi connectivity index (χ2n) is 5.41. The van der Waals surface area contributed by atoms with Crippen molar-refractivity contribution in [2.45, 2.75) is 30.8 Å². The van der Waals surface area contributed by atoms with E-state index in [1.807, 2.05) is 24.3 Å². The Morgan fingerprint density at radius 1 is 1.37 bits per heavy atom. The molecular weight excluding hydrogens is 238 g/mol. The van der Waals surface area contributed by atoms with Gasteiger partial charge in [0.15, 0.2) is 0 Å². The van der Waals surface area contributed by atoms with Crippen LogP contribution in [0.2, 0.25) is 0 Å². The summed E-state index contributed by atoms with van der Waals surface area (Å²) in [5.74, 6) is 0.0635. The SMILES string of the molecule is C=C[C@@H]1CCC[C@@]12N[C@H](c1ccccc1)COC2=O. The summed E-state index contributed by atoms with van der Waals surface area (Å²) < 4.78 is 5.47. The molecule has 0 unspecified atom stereocenters. The molecule has 1 saturated carbocycles. The fourth-order valence-electron chi connectivity index (χ4n) is 3.35. The Bertz CT molecular complexity index is 485. The van der Waals surface area contributed by atoms with Gasteiger partial charge in [0, 0.05) is 5.92 Å². The fourth-order valence-corrected chi connectivity index (χ4v) is 3.35. The summed E-state index contributed by atoms with van der Waals surface area (Å²) in [5, 5.41) is 3.55. The number of esters is 1. The van der Waals surface area contributed by atoms with Gasteiger partial charge in [-0.3, -0.25) is 10.1 Å². The van der Waals surface area contributed by atoms with Crippen molar-refractivity contribution >= 4 is 5.97 Å². The van der Waals surface area contributed by atoms with E-state index in [0.717, 1.165) is 19.3 Å². The van der Waals surface area contributed by atoms with Crippen LogP contribution < -0.4 is 5.32 Å². The minimum atomic E-state index is -0.555. The molecule has 0 radical (unpaired) electrons.